The first-order valence-corrected chi connectivity index (χ1v) is 10.1. The summed E-state index contributed by atoms with van der Waals surface area (Å²) >= 11 is 0. The highest BCUT2D eigenvalue weighted by Gasteiger charge is 2.10. The molecule has 35 heavy (non-hydrogen) atoms. The molecule has 0 radical (unpaired) electrons. The van der Waals surface area contributed by atoms with Crippen LogP contribution in [0.4, 0.5) is 5.69 Å². The van der Waals surface area contributed by atoms with Crippen LogP contribution in [0.2, 0.25) is 0 Å². The van der Waals surface area contributed by atoms with E-state index >= 15 is 0 Å². The van der Waals surface area contributed by atoms with Crippen LogP contribution >= 0.6 is 0 Å². The van der Waals surface area contributed by atoms with Crippen molar-refractivity contribution in [3.05, 3.63) is 155 Å². The zero-order valence-electron chi connectivity index (χ0n) is 41.8. The van der Waals surface area contributed by atoms with E-state index in [0.717, 1.165) is 6.08 Å². The number of allylic oxidation sites excluding steroid dienone is 3. The molecule has 0 saturated heterocycles. The molecule has 1 N–H and O–H groups in total. The van der Waals surface area contributed by atoms with Gasteiger partial charge in [0, 0.05) is 13.1 Å². The van der Waals surface area contributed by atoms with Gasteiger partial charge in [-0.15, -0.1) is 0 Å². The van der Waals surface area contributed by atoms with Crippen molar-refractivity contribution in [2.75, 3.05) is 5.32 Å². The lowest BCUT2D eigenvalue weighted by Gasteiger charge is -2.19. The number of benzene rings is 4. The minimum absolute atomic E-state index is 0.458. The predicted molar refractivity (Wildman–Crippen MR) is 151 cm³/mol. The van der Waals surface area contributed by atoms with E-state index in [1.54, 1.807) is 0 Å². The Kier molecular flexibility index (Phi) is 2.40. The first kappa shape index (κ1) is 7.83. The third-order valence-electron chi connectivity index (χ3n) is 4.52. The maximum atomic E-state index is 8.80. The van der Waals surface area contributed by atoms with Gasteiger partial charge in [-0.25, -0.2) is 0 Å². The average molecular weight is 476 g/mol. The number of hydrogen-bond donors (Lipinski definition) is 1. The molecule has 1 heteroatoms. The van der Waals surface area contributed by atoms with Crippen LogP contribution in [0.5, 0.6) is 0 Å². The fourth-order valence-electron chi connectivity index (χ4n) is 2.91. The largest absolute Gasteiger partial charge is 0.379 e. The molecule has 1 aliphatic rings. The van der Waals surface area contributed by atoms with Crippen LogP contribution in [-0.2, 0) is 0 Å². The maximum Gasteiger partial charge on any atom is 0.0645 e. The van der Waals surface area contributed by atoms with Gasteiger partial charge in [0.2, 0.25) is 0 Å². The monoisotopic (exact) mass is 475 g/mol. The molecule has 0 aromatic heterocycles. The standard InChI is InChI=1S/C34H29N/c1-2-8-27-11-6-7-12-32(27)25-26-13-15-29(16-14-26)31-19-23-34(24-20-31)35-33-21-17-30(18-22-33)28-9-4-3-5-10-28/h2-21,23-25,33,35H,1,22H2/b27-8-,32-25+/i1D,2D,3D,4D,5D,6D,7D,8D,9D,10D,11D,12D,13D,14D,15D,16D,17D,18D,19D,20D,21D,22D,23D,24D/b2-1?,27-8-,32-25+. The molecule has 0 spiro atoms. The highest BCUT2D eigenvalue weighted by molar-refractivity contribution is 5.75. The first-order chi connectivity index (χ1) is 27.4. The Morgan fingerprint density at radius 2 is 1.51 bits per heavy atom. The molecule has 170 valence electrons. The third kappa shape index (κ3) is 5.59. The van der Waals surface area contributed by atoms with Crippen LogP contribution in [-0.4, -0.2) is 6.04 Å². The molecule has 0 aliphatic heterocycles. The van der Waals surface area contributed by atoms with Crippen molar-refractivity contribution >= 4 is 23.4 Å². The molecule has 0 fully saturated rings. The lowest BCUT2D eigenvalue weighted by atomic mass is 9.97. The van der Waals surface area contributed by atoms with E-state index in [-0.39, 0.29) is 0 Å². The summed E-state index contributed by atoms with van der Waals surface area (Å²) in [7, 11) is 0. The van der Waals surface area contributed by atoms with Crippen LogP contribution < -0.4 is 15.8 Å². The molecule has 0 bridgehead atoms. The summed E-state index contributed by atoms with van der Waals surface area (Å²) in [5.74, 6) is 0. The molecule has 2 unspecified atom stereocenters. The topological polar surface area (TPSA) is 12.0 Å². The Morgan fingerprint density at radius 3 is 2.26 bits per heavy atom. The molecule has 2 atom stereocenters. The Bertz CT molecular complexity index is 2660. The van der Waals surface area contributed by atoms with E-state index in [1.807, 2.05) is 0 Å². The van der Waals surface area contributed by atoms with E-state index < -0.39 is 189 Å². The van der Waals surface area contributed by atoms with Crippen LogP contribution in [0.1, 0.15) is 50.4 Å². The van der Waals surface area contributed by atoms with Gasteiger partial charge in [0.1, 0.15) is 0 Å². The van der Waals surface area contributed by atoms with Gasteiger partial charge in [-0.1, -0.05) is 127 Å². The third-order valence-corrected chi connectivity index (χ3v) is 4.52. The fourth-order valence-corrected chi connectivity index (χ4v) is 2.91. The summed E-state index contributed by atoms with van der Waals surface area (Å²) in [5.41, 5.74) is -3.81. The highest BCUT2D eigenvalue weighted by atomic mass is 14.9. The molecular weight excluding hydrogens is 422 g/mol. The second-order valence-electron chi connectivity index (χ2n) is 6.82. The van der Waals surface area contributed by atoms with E-state index in [1.165, 1.54) is 0 Å². The molecule has 0 heterocycles. The van der Waals surface area contributed by atoms with Crippen molar-refractivity contribution in [1.29, 1.82) is 0 Å². The first-order valence-electron chi connectivity index (χ1n) is 22.2. The quantitative estimate of drug-likeness (QED) is 0.317. The zero-order valence-corrected chi connectivity index (χ0v) is 17.8. The minimum Gasteiger partial charge on any atom is -0.379 e. The number of hydrogen-bond acceptors (Lipinski definition) is 1. The molecular formula is C34H29N. The Labute approximate surface area is 241 Å². The lowest BCUT2D eigenvalue weighted by Crippen LogP contribution is -2.23. The summed E-state index contributed by atoms with van der Waals surface area (Å²) in [6, 6.07) is -19.7. The molecule has 5 rings (SSSR count). The Morgan fingerprint density at radius 1 is 0.829 bits per heavy atom. The SMILES string of the molecule is [2H]C=C([2H])/C([2H])=c1/c([2H])c([2H])c([2H])c([2H])/c1=C\c1c([2H])c([2H])c(-c2c([2H])c([2H])c(NC3C([2H])=C([2H])C(c4c([2H])c([2H])c([2H])c([2H])c4[2H])=C([2H])C3[2H])c([2H])c2[2H])c([2H])c1[2H]. The van der Waals surface area contributed by atoms with Gasteiger partial charge in [-0.3, -0.25) is 0 Å². The smallest absolute Gasteiger partial charge is 0.0645 e. The summed E-state index contributed by atoms with van der Waals surface area (Å²) in [6.07, 6.45) is -1.01. The number of anilines is 1. The summed E-state index contributed by atoms with van der Waals surface area (Å²) in [5, 5.41) is 1.44. The van der Waals surface area contributed by atoms with Gasteiger partial charge in [-0.05, 0) is 62.8 Å². The van der Waals surface area contributed by atoms with Crippen LogP contribution in [0, 0.1) is 0 Å². The van der Waals surface area contributed by atoms with E-state index in [0.29, 0.717) is 6.55 Å². The van der Waals surface area contributed by atoms with Gasteiger partial charge in [-0.2, -0.15) is 0 Å². The zero-order chi connectivity index (χ0) is 44.6. The van der Waals surface area contributed by atoms with Crippen molar-refractivity contribution in [3.8, 4) is 11.1 Å². The van der Waals surface area contributed by atoms with Crippen LogP contribution in [0.3, 0.4) is 0 Å². The normalized spacial score (nSPS) is 29.6. The van der Waals surface area contributed by atoms with Gasteiger partial charge in [0.25, 0.3) is 0 Å². The van der Waals surface area contributed by atoms with Gasteiger partial charge >= 0.3 is 0 Å². The van der Waals surface area contributed by atoms with E-state index in [2.05, 4.69) is 5.32 Å². The molecule has 4 aromatic rings. The van der Waals surface area contributed by atoms with Crippen molar-refractivity contribution in [2.24, 2.45) is 0 Å². The summed E-state index contributed by atoms with van der Waals surface area (Å²) < 4.78 is 202. The highest BCUT2D eigenvalue weighted by Crippen LogP contribution is 2.25. The second-order valence-corrected chi connectivity index (χ2v) is 6.82. The molecule has 1 nitrogen and oxygen atoms in total. The van der Waals surface area contributed by atoms with Crippen molar-refractivity contribution in [2.45, 2.75) is 12.4 Å². The predicted octanol–water partition coefficient (Wildman–Crippen LogP) is 6.97. The lowest BCUT2D eigenvalue weighted by molar-refractivity contribution is 0.886. The van der Waals surface area contributed by atoms with E-state index in [9.17, 15) is 0 Å². The molecule has 1 aliphatic carbocycles. The van der Waals surface area contributed by atoms with Gasteiger partial charge < -0.3 is 5.32 Å². The summed E-state index contributed by atoms with van der Waals surface area (Å²) in [6.45, 7) is 0.458. The average Bonchev–Trinajstić information content (AvgIpc) is 3.21. The number of nitrogens with one attached hydrogen (secondary N) is 1. The Hall–Kier alpha value is -4.36. The second kappa shape index (κ2) is 10.7. The minimum atomic E-state index is -1.86. The van der Waals surface area contributed by atoms with Crippen LogP contribution in [0.25, 0.3) is 28.8 Å². The van der Waals surface area contributed by atoms with Crippen molar-refractivity contribution < 1.29 is 32.9 Å². The van der Waals surface area contributed by atoms with Crippen LogP contribution in [0.15, 0.2) is 133 Å². The molecule has 0 saturated carbocycles. The number of rotatable bonds is 6. The maximum absolute atomic E-state index is 8.80. The fraction of sp³-hybridized carbons (Fsp3) is 0.0588. The van der Waals surface area contributed by atoms with Gasteiger partial charge in [0.05, 0.1) is 31.5 Å². The van der Waals surface area contributed by atoms with Crippen molar-refractivity contribution in [1.82, 2.24) is 0 Å². The molecule has 4 aromatic carbocycles. The van der Waals surface area contributed by atoms with E-state index in [4.69, 9.17) is 32.9 Å². The molecule has 0 amide bonds. The summed E-state index contributed by atoms with van der Waals surface area (Å²) in [4.78, 5) is 0. The van der Waals surface area contributed by atoms with Crippen molar-refractivity contribution in [3.63, 3.8) is 0 Å². The Balaban J connectivity index is 1.69. The van der Waals surface area contributed by atoms with Gasteiger partial charge in [0.15, 0.2) is 0 Å².